The average Bonchev–Trinajstić information content (AvgIpc) is 2.79. The lowest BCUT2D eigenvalue weighted by Crippen LogP contribution is -2.63. The lowest BCUT2D eigenvalue weighted by atomic mass is 9.74. The minimum absolute atomic E-state index is 0.773. The molecule has 6 rings (SSSR count). The van der Waals surface area contributed by atoms with Crippen molar-refractivity contribution in [2.75, 3.05) is 19.6 Å². The van der Waals surface area contributed by atoms with E-state index in [1.165, 1.54) is 103 Å². The molecule has 0 aromatic rings. The molecule has 0 radical (unpaired) electrons. The van der Waals surface area contributed by atoms with Crippen LogP contribution in [0.5, 0.6) is 0 Å². The Bertz CT molecular complexity index is 698. The molecule has 4 saturated heterocycles. The summed E-state index contributed by atoms with van der Waals surface area (Å²) in [6.45, 7) is 6.40. The van der Waals surface area contributed by atoms with Crippen LogP contribution in [-0.4, -0.2) is 70.6 Å². The molecule has 172 valence electrons. The smallest absolute Gasteiger partial charge is 0.0311 e. The van der Waals surface area contributed by atoms with Gasteiger partial charge >= 0.3 is 0 Å². The van der Waals surface area contributed by atoms with Crippen LogP contribution in [-0.2, 0) is 0 Å². The first-order chi connectivity index (χ1) is 15.3. The summed E-state index contributed by atoms with van der Waals surface area (Å²) in [6, 6.07) is 5.05. The van der Waals surface area contributed by atoms with Gasteiger partial charge < -0.3 is 0 Å². The van der Waals surface area contributed by atoms with Crippen molar-refractivity contribution >= 4 is 0 Å². The lowest BCUT2D eigenvalue weighted by Gasteiger charge is -2.57. The van der Waals surface area contributed by atoms with Gasteiger partial charge in [0.1, 0.15) is 0 Å². The van der Waals surface area contributed by atoms with E-state index >= 15 is 0 Å². The van der Waals surface area contributed by atoms with E-state index < -0.39 is 0 Å². The Morgan fingerprint density at radius 3 is 2.71 bits per heavy atom. The quantitative estimate of drug-likeness (QED) is 0.562. The summed E-state index contributed by atoms with van der Waals surface area (Å²) in [4.78, 5) is 8.71. The van der Waals surface area contributed by atoms with E-state index in [0.717, 1.165) is 42.2 Å². The zero-order valence-electron chi connectivity index (χ0n) is 19.9. The van der Waals surface area contributed by atoms with E-state index in [2.05, 4.69) is 39.9 Å². The van der Waals surface area contributed by atoms with Gasteiger partial charge in [0.2, 0.25) is 0 Å². The summed E-state index contributed by atoms with van der Waals surface area (Å²) in [7, 11) is 0. The molecule has 4 fully saturated rings. The van der Waals surface area contributed by atoms with Crippen LogP contribution in [0.25, 0.3) is 0 Å². The highest BCUT2D eigenvalue weighted by Gasteiger charge is 2.45. The van der Waals surface area contributed by atoms with Crippen molar-refractivity contribution in [2.45, 2.75) is 127 Å². The summed E-state index contributed by atoms with van der Waals surface area (Å²) in [6.07, 6.45) is 26.0. The van der Waals surface area contributed by atoms with Crippen molar-refractivity contribution in [3.8, 4) is 0 Å². The first-order valence-electron chi connectivity index (χ1n) is 13.9. The van der Waals surface area contributed by atoms with Crippen LogP contribution in [0.1, 0.15) is 90.4 Å². The average molecular weight is 424 g/mol. The Balaban J connectivity index is 1.10. The number of hydrogen-bond acceptors (Lipinski definition) is 3. The van der Waals surface area contributed by atoms with Gasteiger partial charge in [0.05, 0.1) is 0 Å². The zero-order chi connectivity index (χ0) is 20.8. The Labute approximate surface area is 190 Å². The number of nitrogens with zero attached hydrogens (tertiary/aromatic N) is 3. The van der Waals surface area contributed by atoms with E-state index in [1.807, 2.05) is 5.57 Å². The van der Waals surface area contributed by atoms with Crippen molar-refractivity contribution in [3.05, 3.63) is 23.8 Å². The second-order valence-electron chi connectivity index (χ2n) is 11.8. The summed E-state index contributed by atoms with van der Waals surface area (Å²) in [5, 5.41) is 0. The third-order valence-electron chi connectivity index (χ3n) is 10.2. The first kappa shape index (κ1) is 20.9. The fourth-order valence-corrected chi connectivity index (χ4v) is 8.53. The Morgan fingerprint density at radius 1 is 0.871 bits per heavy atom. The van der Waals surface area contributed by atoms with Crippen LogP contribution >= 0.6 is 0 Å². The molecule has 7 unspecified atom stereocenters. The molecule has 0 aromatic heterocycles. The minimum Gasteiger partial charge on any atom is -0.297 e. The van der Waals surface area contributed by atoms with Crippen molar-refractivity contribution in [3.63, 3.8) is 0 Å². The van der Waals surface area contributed by atoms with Gasteiger partial charge in [0, 0.05) is 55.9 Å². The second kappa shape index (κ2) is 8.95. The van der Waals surface area contributed by atoms with Gasteiger partial charge in [-0.15, -0.1) is 0 Å². The zero-order valence-corrected chi connectivity index (χ0v) is 19.9. The SMILES string of the molecule is CC1CCCC2C(CC3CCCC4C(CC5CCCC6CC=CCN65)=CCCN34)CN12. The molecule has 6 aliphatic heterocycles. The van der Waals surface area contributed by atoms with Gasteiger partial charge in [-0.3, -0.25) is 14.7 Å². The molecular formula is C28H45N3. The van der Waals surface area contributed by atoms with Crippen molar-refractivity contribution in [1.82, 2.24) is 14.7 Å². The molecule has 0 N–H and O–H groups in total. The van der Waals surface area contributed by atoms with Crippen molar-refractivity contribution in [2.24, 2.45) is 5.92 Å². The standard InChI is InChI=1S/C28H45N3/c1-21-8-4-14-28-23(20-31(21)28)19-26-13-6-15-27-22(9-7-17-30(26)27)18-25-12-5-11-24-10-2-3-16-29(24)25/h2-3,9,21,23-28H,4-8,10-20H2,1H3. The predicted octanol–water partition coefficient (Wildman–Crippen LogP) is 5.38. The van der Waals surface area contributed by atoms with Crippen LogP contribution in [0.3, 0.4) is 0 Å². The van der Waals surface area contributed by atoms with Crippen LogP contribution in [0.4, 0.5) is 0 Å². The topological polar surface area (TPSA) is 9.72 Å². The summed E-state index contributed by atoms with van der Waals surface area (Å²) < 4.78 is 0. The summed E-state index contributed by atoms with van der Waals surface area (Å²) in [5.41, 5.74) is 1.83. The van der Waals surface area contributed by atoms with E-state index in [-0.39, 0.29) is 0 Å². The number of hydrogen-bond donors (Lipinski definition) is 0. The van der Waals surface area contributed by atoms with Crippen LogP contribution < -0.4 is 0 Å². The number of piperidine rings is 3. The Kier molecular flexibility index (Phi) is 6.04. The van der Waals surface area contributed by atoms with E-state index in [4.69, 9.17) is 0 Å². The molecule has 3 heteroatoms. The molecule has 7 atom stereocenters. The van der Waals surface area contributed by atoms with Gasteiger partial charge in [0.15, 0.2) is 0 Å². The maximum absolute atomic E-state index is 3.00. The van der Waals surface area contributed by atoms with Gasteiger partial charge in [-0.25, -0.2) is 0 Å². The normalized spacial score (nSPS) is 44.0. The van der Waals surface area contributed by atoms with E-state index in [0.29, 0.717) is 0 Å². The molecule has 6 aliphatic rings. The molecule has 3 nitrogen and oxygen atoms in total. The molecule has 31 heavy (non-hydrogen) atoms. The van der Waals surface area contributed by atoms with Gasteiger partial charge in [-0.1, -0.05) is 43.1 Å². The van der Waals surface area contributed by atoms with E-state index in [1.54, 1.807) is 0 Å². The lowest BCUT2D eigenvalue weighted by molar-refractivity contribution is -0.0665. The Morgan fingerprint density at radius 2 is 1.74 bits per heavy atom. The Hall–Kier alpha value is -0.640. The molecule has 0 aliphatic carbocycles. The molecule has 0 spiro atoms. The summed E-state index contributed by atoms with van der Waals surface area (Å²) >= 11 is 0. The monoisotopic (exact) mass is 423 g/mol. The second-order valence-corrected chi connectivity index (χ2v) is 11.8. The van der Waals surface area contributed by atoms with Gasteiger partial charge in [-0.2, -0.15) is 0 Å². The van der Waals surface area contributed by atoms with Crippen LogP contribution in [0.2, 0.25) is 0 Å². The molecular weight excluding hydrogens is 378 g/mol. The van der Waals surface area contributed by atoms with Gasteiger partial charge in [-0.05, 0) is 77.0 Å². The van der Waals surface area contributed by atoms with Crippen LogP contribution in [0, 0.1) is 5.92 Å². The third kappa shape index (κ3) is 3.97. The maximum atomic E-state index is 3.00. The van der Waals surface area contributed by atoms with Crippen molar-refractivity contribution in [1.29, 1.82) is 0 Å². The maximum Gasteiger partial charge on any atom is 0.0311 e. The minimum atomic E-state index is 0.773. The number of fused-ring (bicyclic) bond motifs is 3. The highest BCUT2D eigenvalue weighted by molar-refractivity contribution is 5.19. The third-order valence-corrected chi connectivity index (χ3v) is 10.2. The predicted molar refractivity (Wildman–Crippen MR) is 129 cm³/mol. The molecule has 0 aromatic carbocycles. The molecule has 0 bridgehead atoms. The van der Waals surface area contributed by atoms with E-state index in [9.17, 15) is 0 Å². The van der Waals surface area contributed by atoms with Crippen LogP contribution in [0.15, 0.2) is 23.8 Å². The first-order valence-corrected chi connectivity index (χ1v) is 13.9. The number of rotatable bonds is 4. The van der Waals surface area contributed by atoms with Gasteiger partial charge in [0.25, 0.3) is 0 Å². The molecule has 0 amide bonds. The molecule has 0 saturated carbocycles. The van der Waals surface area contributed by atoms with Crippen molar-refractivity contribution < 1.29 is 0 Å². The molecule has 6 heterocycles. The highest BCUT2D eigenvalue weighted by atomic mass is 15.3. The fourth-order valence-electron chi connectivity index (χ4n) is 8.53. The largest absolute Gasteiger partial charge is 0.297 e. The highest BCUT2D eigenvalue weighted by Crippen LogP contribution is 2.43. The fraction of sp³-hybridized carbons (Fsp3) is 0.857. The summed E-state index contributed by atoms with van der Waals surface area (Å²) in [5.74, 6) is 0.986.